The van der Waals surface area contributed by atoms with Crippen molar-refractivity contribution in [2.45, 2.75) is 25.3 Å². The van der Waals surface area contributed by atoms with Crippen LogP contribution in [0.1, 0.15) is 30.1 Å². The number of nitro benzene ring substituents is 1. The molecular weight excluding hydrogens is 246 g/mol. The lowest BCUT2D eigenvalue weighted by atomic mass is 9.95. The van der Waals surface area contributed by atoms with E-state index in [1.165, 1.54) is 24.3 Å². The van der Waals surface area contributed by atoms with Crippen molar-refractivity contribution >= 4 is 11.6 Å². The molecule has 1 aromatic rings. The number of amides is 1. The van der Waals surface area contributed by atoms with Gasteiger partial charge in [0.05, 0.1) is 10.5 Å². The van der Waals surface area contributed by atoms with Gasteiger partial charge >= 0.3 is 0 Å². The number of carbonyl (C=O) groups excluding carboxylic acids is 1. The van der Waals surface area contributed by atoms with Gasteiger partial charge in [-0.1, -0.05) is 0 Å². The lowest BCUT2D eigenvalue weighted by Crippen LogP contribution is -2.53. The number of nitrogens with two attached hydrogens (primary N) is 1. The number of rotatable bonds is 5. The first kappa shape index (κ1) is 13.5. The minimum absolute atomic E-state index is 0.0275. The van der Waals surface area contributed by atoms with Crippen LogP contribution >= 0.6 is 0 Å². The highest BCUT2D eigenvalue weighted by Gasteiger charge is 2.41. The molecule has 2 rings (SSSR count). The van der Waals surface area contributed by atoms with E-state index in [0.29, 0.717) is 18.0 Å². The molecule has 0 aliphatic heterocycles. The van der Waals surface area contributed by atoms with Crippen LogP contribution in [-0.2, 0) is 0 Å². The molecule has 0 heterocycles. The van der Waals surface area contributed by atoms with E-state index in [4.69, 9.17) is 5.73 Å². The van der Waals surface area contributed by atoms with Crippen molar-refractivity contribution in [3.63, 3.8) is 0 Å². The highest BCUT2D eigenvalue weighted by Crippen LogP contribution is 2.39. The third-order valence-electron chi connectivity index (χ3n) is 3.64. The van der Waals surface area contributed by atoms with Crippen LogP contribution in [0.5, 0.6) is 0 Å². The van der Waals surface area contributed by atoms with Crippen LogP contribution in [0, 0.1) is 16.0 Å². The Hall–Kier alpha value is -1.95. The minimum atomic E-state index is -0.490. The molecule has 19 heavy (non-hydrogen) atoms. The van der Waals surface area contributed by atoms with Crippen LogP contribution in [-0.4, -0.2) is 22.9 Å². The first-order valence-corrected chi connectivity index (χ1v) is 6.23. The lowest BCUT2D eigenvalue weighted by Gasteiger charge is -2.29. The molecule has 0 saturated heterocycles. The Kier molecular flexibility index (Phi) is 3.53. The summed E-state index contributed by atoms with van der Waals surface area (Å²) in [5, 5.41) is 13.5. The first-order chi connectivity index (χ1) is 8.96. The number of hydrogen-bond acceptors (Lipinski definition) is 4. The minimum Gasteiger partial charge on any atom is -0.345 e. The first-order valence-electron chi connectivity index (χ1n) is 6.23. The zero-order chi connectivity index (χ0) is 14.0. The van der Waals surface area contributed by atoms with Gasteiger partial charge in [0, 0.05) is 24.2 Å². The van der Waals surface area contributed by atoms with Gasteiger partial charge in [-0.3, -0.25) is 14.9 Å². The smallest absolute Gasteiger partial charge is 0.269 e. The fourth-order valence-electron chi connectivity index (χ4n) is 2.11. The summed E-state index contributed by atoms with van der Waals surface area (Å²) in [5.41, 5.74) is 5.72. The second kappa shape index (κ2) is 4.97. The molecule has 102 valence electrons. The van der Waals surface area contributed by atoms with E-state index in [0.717, 1.165) is 12.8 Å². The van der Waals surface area contributed by atoms with Gasteiger partial charge in [0.2, 0.25) is 0 Å². The molecule has 3 N–H and O–H groups in total. The fourth-order valence-corrected chi connectivity index (χ4v) is 2.11. The summed E-state index contributed by atoms with van der Waals surface area (Å²) >= 11 is 0. The van der Waals surface area contributed by atoms with Crippen LogP contribution in [0.3, 0.4) is 0 Å². The Morgan fingerprint density at radius 3 is 2.47 bits per heavy atom. The van der Waals surface area contributed by atoms with E-state index in [1.54, 1.807) is 0 Å². The van der Waals surface area contributed by atoms with Crippen molar-refractivity contribution in [2.24, 2.45) is 11.7 Å². The van der Waals surface area contributed by atoms with Crippen molar-refractivity contribution in [1.82, 2.24) is 5.32 Å². The molecule has 1 aromatic carbocycles. The average molecular weight is 263 g/mol. The number of nitrogens with one attached hydrogen (secondary N) is 1. The van der Waals surface area contributed by atoms with Crippen LogP contribution < -0.4 is 11.1 Å². The summed E-state index contributed by atoms with van der Waals surface area (Å²) in [7, 11) is 0. The molecule has 0 spiro atoms. The molecule has 0 radical (unpaired) electrons. The highest BCUT2D eigenvalue weighted by atomic mass is 16.6. The summed E-state index contributed by atoms with van der Waals surface area (Å²) in [6.07, 6.45) is 2.16. The van der Waals surface area contributed by atoms with Crippen molar-refractivity contribution in [2.75, 3.05) is 6.54 Å². The molecule has 1 saturated carbocycles. The van der Waals surface area contributed by atoms with Gasteiger partial charge in [-0.15, -0.1) is 0 Å². The topological polar surface area (TPSA) is 98.3 Å². The van der Waals surface area contributed by atoms with E-state index in [-0.39, 0.29) is 11.6 Å². The van der Waals surface area contributed by atoms with Gasteiger partial charge in [-0.05, 0) is 37.8 Å². The van der Waals surface area contributed by atoms with Crippen LogP contribution in [0.2, 0.25) is 0 Å². The van der Waals surface area contributed by atoms with E-state index in [1.807, 2.05) is 6.92 Å². The largest absolute Gasteiger partial charge is 0.345 e. The zero-order valence-corrected chi connectivity index (χ0v) is 10.8. The van der Waals surface area contributed by atoms with Crippen molar-refractivity contribution < 1.29 is 9.72 Å². The predicted molar refractivity (Wildman–Crippen MR) is 70.7 cm³/mol. The van der Waals surface area contributed by atoms with Crippen LogP contribution in [0.25, 0.3) is 0 Å². The maximum absolute atomic E-state index is 12.1. The van der Waals surface area contributed by atoms with Gasteiger partial charge in [0.25, 0.3) is 11.6 Å². The molecule has 1 fully saturated rings. The molecule has 0 aromatic heterocycles. The zero-order valence-electron chi connectivity index (χ0n) is 10.8. The SMILES string of the molecule is CC(CN)(NC(=O)c1ccc([N+](=O)[O-])cc1)C1CC1. The maximum atomic E-state index is 12.1. The fraction of sp³-hybridized carbons (Fsp3) is 0.462. The van der Waals surface area contributed by atoms with Gasteiger partial charge in [-0.2, -0.15) is 0 Å². The van der Waals surface area contributed by atoms with E-state index >= 15 is 0 Å². The summed E-state index contributed by atoms with van der Waals surface area (Å²) < 4.78 is 0. The number of benzene rings is 1. The Bertz CT molecular complexity index is 496. The molecule has 0 bridgehead atoms. The molecule has 6 nitrogen and oxygen atoms in total. The number of nitrogens with zero attached hydrogens (tertiary/aromatic N) is 1. The maximum Gasteiger partial charge on any atom is 0.269 e. The Morgan fingerprint density at radius 2 is 2.05 bits per heavy atom. The summed E-state index contributed by atoms with van der Waals surface area (Å²) in [4.78, 5) is 22.1. The van der Waals surface area contributed by atoms with Crippen molar-refractivity contribution in [3.05, 3.63) is 39.9 Å². The number of hydrogen-bond donors (Lipinski definition) is 2. The quantitative estimate of drug-likeness (QED) is 0.620. The molecule has 1 amide bonds. The monoisotopic (exact) mass is 263 g/mol. The van der Waals surface area contributed by atoms with Crippen LogP contribution in [0.15, 0.2) is 24.3 Å². The predicted octanol–water partition coefficient (Wildman–Crippen LogP) is 1.45. The van der Waals surface area contributed by atoms with Gasteiger partial charge < -0.3 is 11.1 Å². The summed E-state index contributed by atoms with van der Waals surface area (Å²) in [6.45, 7) is 2.32. The molecule has 1 aliphatic rings. The second-order valence-electron chi connectivity index (χ2n) is 5.15. The van der Waals surface area contributed by atoms with E-state index in [2.05, 4.69) is 5.32 Å². The molecule has 1 atom stereocenters. The average Bonchev–Trinajstić information content (AvgIpc) is 3.23. The third-order valence-corrected chi connectivity index (χ3v) is 3.64. The third kappa shape index (κ3) is 2.90. The highest BCUT2D eigenvalue weighted by molar-refractivity contribution is 5.94. The summed E-state index contributed by atoms with van der Waals surface area (Å²) in [5.74, 6) is 0.189. The number of nitro groups is 1. The van der Waals surface area contributed by atoms with Gasteiger partial charge in [-0.25, -0.2) is 0 Å². The summed E-state index contributed by atoms with van der Waals surface area (Å²) in [6, 6.07) is 5.56. The lowest BCUT2D eigenvalue weighted by molar-refractivity contribution is -0.384. The van der Waals surface area contributed by atoms with Gasteiger partial charge in [0.15, 0.2) is 0 Å². The van der Waals surface area contributed by atoms with E-state index < -0.39 is 10.5 Å². The molecule has 6 heteroatoms. The molecule has 1 aliphatic carbocycles. The van der Waals surface area contributed by atoms with Gasteiger partial charge in [0.1, 0.15) is 0 Å². The Labute approximate surface area is 111 Å². The standard InChI is InChI=1S/C13H17N3O3/c1-13(8-14,10-4-5-10)15-12(17)9-2-6-11(7-3-9)16(18)19/h2-3,6-7,10H,4-5,8,14H2,1H3,(H,15,17). The number of carbonyl (C=O) groups is 1. The normalized spacial score (nSPS) is 17.6. The van der Waals surface area contributed by atoms with Crippen LogP contribution in [0.4, 0.5) is 5.69 Å². The Balaban J connectivity index is 2.09. The van der Waals surface area contributed by atoms with E-state index in [9.17, 15) is 14.9 Å². The second-order valence-corrected chi connectivity index (χ2v) is 5.15. The molecular formula is C13H17N3O3. The number of non-ortho nitro benzene ring substituents is 1. The van der Waals surface area contributed by atoms with Crippen molar-refractivity contribution in [3.8, 4) is 0 Å². The Morgan fingerprint density at radius 1 is 1.47 bits per heavy atom. The molecule has 1 unspecified atom stereocenters. The van der Waals surface area contributed by atoms with Crippen molar-refractivity contribution in [1.29, 1.82) is 0 Å².